The second-order valence-electron chi connectivity index (χ2n) is 3.48. The molecule has 3 heteroatoms. The molecule has 0 spiro atoms. The van der Waals surface area contributed by atoms with Crippen molar-refractivity contribution in [1.82, 2.24) is 5.48 Å². The Balaban J connectivity index is 2.45. The predicted octanol–water partition coefficient (Wildman–Crippen LogP) is 0.831. The summed E-state index contributed by atoms with van der Waals surface area (Å²) in [6.45, 7) is 1.86. The van der Waals surface area contributed by atoms with E-state index in [1.807, 2.05) is 6.92 Å². The van der Waals surface area contributed by atoms with E-state index in [9.17, 15) is 5.11 Å². The lowest BCUT2D eigenvalue weighted by molar-refractivity contribution is -0.0693. The summed E-state index contributed by atoms with van der Waals surface area (Å²) in [5, 5.41) is 9.82. The molecular weight excluding hydrogens is 142 g/mol. The number of nitrogens with one attached hydrogen (secondary N) is 1. The van der Waals surface area contributed by atoms with E-state index < -0.39 is 5.60 Å². The molecule has 0 radical (unpaired) electrons. The van der Waals surface area contributed by atoms with Gasteiger partial charge in [-0.25, -0.2) is 0 Å². The summed E-state index contributed by atoms with van der Waals surface area (Å²) in [6, 6.07) is 0.0984. The molecule has 1 aliphatic rings. The third kappa shape index (κ3) is 2.15. The van der Waals surface area contributed by atoms with Crippen molar-refractivity contribution in [2.45, 2.75) is 44.2 Å². The summed E-state index contributed by atoms with van der Waals surface area (Å²) in [5.41, 5.74) is 2.24. The van der Waals surface area contributed by atoms with Crippen LogP contribution in [0.3, 0.4) is 0 Å². The summed E-state index contributed by atoms with van der Waals surface area (Å²) in [5.74, 6) is 0. The average Bonchev–Trinajstić information content (AvgIpc) is 1.94. The molecular formula is C8H17NO2. The van der Waals surface area contributed by atoms with E-state index in [0.717, 1.165) is 19.3 Å². The van der Waals surface area contributed by atoms with Crippen LogP contribution in [0, 0.1) is 0 Å². The van der Waals surface area contributed by atoms with Crippen molar-refractivity contribution in [3.05, 3.63) is 0 Å². The first-order valence-electron chi connectivity index (χ1n) is 4.18. The lowest BCUT2D eigenvalue weighted by Crippen LogP contribution is -2.50. The smallest absolute Gasteiger partial charge is 0.0794 e. The minimum Gasteiger partial charge on any atom is -0.388 e. The Labute approximate surface area is 67.7 Å². The maximum atomic E-state index is 9.82. The molecule has 0 aromatic carbocycles. The van der Waals surface area contributed by atoms with Crippen molar-refractivity contribution in [2.75, 3.05) is 7.11 Å². The van der Waals surface area contributed by atoms with Crippen molar-refractivity contribution in [1.29, 1.82) is 0 Å². The molecule has 0 amide bonds. The van der Waals surface area contributed by atoms with Gasteiger partial charge in [0.2, 0.25) is 0 Å². The van der Waals surface area contributed by atoms with Gasteiger partial charge in [0.1, 0.15) is 0 Å². The van der Waals surface area contributed by atoms with Gasteiger partial charge in [-0.2, -0.15) is 5.48 Å². The van der Waals surface area contributed by atoms with Crippen LogP contribution < -0.4 is 5.48 Å². The molecule has 1 rings (SSSR count). The highest BCUT2D eigenvalue weighted by Crippen LogP contribution is 2.27. The van der Waals surface area contributed by atoms with Crippen molar-refractivity contribution >= 4 is 0 Å². The standard InChI is InChI=1S/C8H17NO2/c1-8(10)6-4-3-5-7(8)9-11-2/h7,9-10H,3-6H2,1-2H3/t7-,8+/m0/s1. The zero-order chi connectivity index (χ0) is 8.32. The number of aliphatic hydroxyl groups is 1. The van der Waals surface area contributed by atoms with E-state index in [1.165, 1.54) is 6.42 Å². The maximum Gasteiger partial charge on any atom is 0.0794 e. The third-order valence-corrected chi connectivity index (χ3v) is 2.44. The van der Waals surface area contributed by atoms with Crippen LogP contribution in [0.15, 0.2) is 0 Å². The Hall–Kier alpha value is -0.120. The molecule has 0 bridgehead atoms. The minimum atomic E-state index is -0.589. The molecule has 0 aromatic heterocycles. The summed E-state index contributed by atoms with van der Waals surface area (Å²) < 4.78 is 0. The van der Waals surface area contributed by atoms with Gasteiger partial charge < -0.3 is 9.94 Å². The van der Waals surface area contributed by atoms with Crippen LogP contribution in [-0.4, -0.2) is 23.9 Å². The molecule has 0 saturated heterocycles. The third-order valence-electron chi connectivity index (χ3n) is 2.44. The highest BCUT2D eigenvalue weighted by atomic mass is 16.6. The molecule has 0 heterocycles. The van der Waals surface area contributed by atoms with Gasteiger partial charge in [0.05, 0.1) is 18.8 Å². The van der Waals surface area contributed by atoms with E-state index in [2.05, 4.69) is 5.48 Å². The minimum absolute atomic E-state index is 0.0984. The van der Waals surface area contributed by atoms with Crippen LogP contribution in [0.2, 0.25) is 0 Å². The molecule has 3 nitrogen and oxygen atoms in total. The van der Waals surface area contributed by atoms with Crippen molar-refractivity contribution < 1.29 is 9.94 Å². The van der Waals surface area contributed by atoms with Gasteiger partial charge in [-0.15, -0.1) is 0 Å². The zero-order valence-electron chi connectivity index (χ0n) is 7.26. The van der Waals surface area contributed by atoms with E-state index in [1.54, 1.807) is 7.11 Å². The first-order chi connectivity index (χ1) is 5.17. The summed E-state index contributed by atoms with van der Waals surface area (Å²) in [4.78, 5) is 4.81. The van der Waals surface area contributed by atoms with Crippen LogP contribution >= 0.6 is 0 Å². The fraction of sp³-hybridized carbons (Fsp3) is 1.00. The summed E-state index contributed by atoms with van der Waals surface area (Å²) in [6.07, 6.45) is 4.17. The molecule has 1 fully saturated rings. The topological polar surface area (TPSA) is 41.5 Å². The van der Waals surface area contributed by atoms with Gasteiger partial charge in [0.25, 0.3) is 0 Å². The molecule has 0 unspecified atom stereocenters. The fourth-order valence-corrected chi connectivity index (χ4v) is 1.64. The van der Waals surface area contributed by atoms with Crippen LogP contribution in [-0.2, 0) is 4.84 Å². The van der Waals surface area contributed by atoms with Crippen LogP contribution in [0.5, 0.6) is 0 Å². The second kappa shape index (κ2) is 3.52. The van der Waals surface area contributed by atoms with Gasteiger partial charge in [-0.3, -0.25) is 0 Å². The molecule has 11 heavy (non-hydrogen) atoms. The summed E-state index contributed by atoms with van der Waals surface area (Å²) in [7, 11) is 1.59. The SMILES string of the molecule is CON[C@H]1CCCC[C@@]1(C)O. The van der Waals surface area contributed by atoms with E-state index >= 15 is 0 Å². The van der Waals surface area contributed by atoms with E-state index in [4.69, 9.17) is 4.84 Å². The Morgan fingerprint density at radius 3 is 2.82 bits per heavy atom. The second-order valence-corrected chi connectivity index (χ2v) is 3.48. The first kappa shape index (κ1) is 8.97. The van der Waals surface area contributed by atoms with Gasteiger partial charge >= 0.3 is 0 Å². The molecule has 2 atom stereocenters. The van der Waals surface area contributed by atoms with Gasteiger partial charge in [-0.1, -0.05) is 12.8 Å². The van der Waals surface area contributed by atoms with Crippen LogP contribution in [0.4, 0.5) is 0 Å². The predicted molar refractivity (Wildman–Crippen MR) is 43.0 cm³/mol. The molecule has 2 N–H and O–H groups in total. The quantitative estimate of drug-likeness (QED) is 0.586. The average molecular weight is 159 g/mol. The molecule has 1 aliphatic carbocycles. The Morgan fingerprint density at radius 1 is 1.55 bits per heavy atom. The lowest BCUT2D eigenvalue weighted by Gasteiger charge is -2.36. The molecule has 1 saturated carbocycles. The van der Waals surface area contributed by atoms with Crippen molar-refractivity contribution in [3.63, 3.8) is 0 Å². The Morgan fingerprint density at radius 2 is 2.27 bits per heavy atom. The number of hydrogen-bond acceptors (Lipinski definition) is 3. The maximum absolute atomic E-state index is 9.82. The van der Waals surface area contributed by atoms with Gasteiger partial charge in [0.15, 0.2) is 0 Å². The van der Waals surface area contributed by atoms with E-state index in [-0.39, 0.29) is 6.04 Å². The monoisotopic (exact) mass is 159 g/mol. The van der Waals surface area contributed by atoms with Crippen molar-refractivity contribution in [2.24, 2.45) is 0 Å². The lowest BCUT2D eigenvalue weighted by atomic mass is 9.82. The van der Waals surface area contributed by atoms with Gasteiger partial charge in [-0.05, 0) is 19.8 Å². The molecule has 0 aromatic rings. The van der Waals surface area contributed by atoms with Crippen LogP contribution in [0.25, 0.3) is 0 Å². The normalized spacial score (nSPS) is 39.0. The number of hydrogen-bond donors (Lipinski definition) is 2. The van der Waals surface area contributed by atoms with Crippen LogP contribution in [0.1, 0.15) is 32.6 Å². The molecule has 0 aliphatic heterocycles. The Kier molecular flexibility index (Phi) is 2.87. The zero-order valence-corrected chi connectivity index (χ0v) is 7.26. The van der Waals surface area contributed by atoms with Crippen molar-refractivity contribution in [3.8, 4) is 0 Å². The summed E-state index contributed by atoms with van der Waals surface area (Å²) >= 11 is 0. The van der Waals surface area contributed by atoms with Gasteiger partial charge in [0, 0.05) is 0 Å². The highest BCUT2D eigenvalue weighted by molar-refractivity contribution is 4.89. The molecule has 66 valence electrons. The number of rotatable bonds is 2. The first-order valence-corrected chi connectivity index (χ1v) is 4.18. The van der Waals surface area contributed by atoms with E-state index in [0.29, 0.717) is 0 Å². The Bertz CT molecular complexity index is 123. The largest absolute Gasteiger partial charge is 0.388 e. The highest BCUT2D eigenvalue weighted by Gasteiger charge is 2.34. The fourth-order valence-electron chi connectivity index (χ4n) is 1.64. The number of hydroxylamine groups is 1.